The van der Waals surface area contributed by atoms with Crippen LogP contribution in [-0.4, -0.2) is 33.9 Å². The maximum absolute atomic E-state index is 13.2. The lowest BCUT2D eigenvalue weighted by Gasteiger charge is -2.31. The van der Waals surface area contributed by atoms with Crippen LogP contribution in [0.1, 0.15) is 32.7 Å². The van der Waals surface area contributed by atoms with E-state index in [1.54, 1.807) is 54.6 Å². The smallest absolute Gasteiger partial charge is 0.338 e. The van der Waals surface area contributed by atoms with E-state index in [2.05, 4.69) is 5.32 Å². The van der Waals surface area contributed by atoms with Gasteiger partial charge in [0, 0.05) is 12.2 Å². The van der Waals surface area contributed by atoms with Crippen LogP contribution in [0.15, 0.2) is 77.7 Å². The average Bonchev–Trinajstić information content (AvgIpc) is 2.83. The highest BCUT2D eigenvalue weighted by Crippen LogP contribution is 2.34. The summed E-state index contributed by atoms with van der Waals surface area (Å²) in [4.78, 5) is 25.1. The number of nitrogens with zero attached hydrogens (tertiary/aromatic N) is 1. The van der Waals surface area contributed by atoms with E-state index in [1.165, 1.54) is 23.5 Å². The normalized spacial score (nSPS) is 13.2. The van der Waals surface area contributed by atoms with Crippen LogP contribution in [0, 0.1) is 0 Å². The Hall–Kier alpha value is -3.65. The molecule has 0 radical (unpaired) electrons. The van der Waals surface area contributed by atoms with E-state index in [9.17, 15) is 18.0 Å². The van der Waals surface area contributed by atoms with Crippen LogP contribution in [-0.2, 0) is 21.2 Å². The maximum Gasteiger partial charge on any atom is 0.338 e. The van der Waals surface area contributed by atoms with Crippen LogP contribution >= 0.6 is 0 Å². The Morgan fingerprint density at radius 2 is 1.62 bits per heavy atom. The predicted octanol–water partition coefficient (Wildman–Crippen LogP) is 3.87. The van der Waals surface area contributed by atoms with Gasteiger partial charge in [-0.05, 0) is 54.8 Å². The van der Waals surface area contributed by atoms with Gasteiger partial charge in [-0.1, -0.05) is 36.4 Å². The molecule has 0 fully saturated rings. The molecule has 0 aromatic heterocycles. The number of benzene rings is 3. The first-order valence-corrected chi connectivity index (χ1v) is 11.6. The molecule has 0 unspecified atom stereocenters. The summed E-state index contributed by atoms with van der Waals surface area (Å²) in [5.74, 6) is -1.10. The summed E-state index contributed by atoms with van der Waals surface area (Å²) < 4.78 is 32.6. The van der Waals surface area contributed by atoms with E-state index in [1.807, 2.05) is 6.07 Å². The molecule has 7 nitrogen and oxygen atoms in total. The van der Waals surface area contributed by atoms with Gasteiger partial charge in [0.2, 0.25) is 0 Å². The van der Waals surface area contributed by atoms with Crippen LogP contribution in [0.5, 0.6) is 0 Å². The number of sulfonamides is 1. The minimum atomic E-state index is -3.73. The monoisotopic (exact) mass is 450 g/mol. The second-order valence-corrected chi connectivity index (χ2v) is 9.19. The Kier molecular flexibility index (Phi) is 5.96. The number of rotatable bonds is 5. The number of hydrogen-bond donors (Lipinski definition) is 1. The topological polar surface area (TPSA) is 92.8 Å². The summed E-state index contributed by atoms with van der Waals surface area (Å²) in [7, 11) is -2.48. The Bertz CT molecular complexity index is 1270. The third-order valence-electron chi connectivity index (χ3n) is 5.33. The van der Waals surface area contributed by atoms with Gasteiger partial charge in [-0.2, -0.15) is 0 Å². The zero-order valence-electron chi connectivity index (χ0n) is 17.4. The number of hydrogen-bond acceptors (Lipinski definition) is 5. The third-order valence-corrected chi connectivity index (χ3v) is 7.15. The van der Waals surface area contributed by atoms with Crippen LogP contribution in [0.3, 0.4) is 0 Å². The molecule has 3 aromatic rings. The molecule has 3 aromatic carbocycles. The van der Waals surface area contributed by atoms with Crippen molar-refractivity contribution < 1.29 is 22.7 Å². The summed E-state index contributed by atoms with van der Waals surface area (Å²) in [6.45, 7) is 0.354. The van der Waals surface area contributed by atoms with Gasteiger partial charge in [0.25, 0.3) is 15.9 Å². The highest BCUT2D eigenvalue weighted by molar-refractivity contribution is 7.92. The van der Waals surface area contributed by atoms with Gasteiger partial charge in [0.05, 0.1) is 28.8 Å². The van der Waals surface area contributed by atoms with E-state index < -0.39 is 21.9 Å². The van der Waals surface area contributed by atoms with Crippen molar-refractivity contribution >= 4 is 33.3 Å². The lowest BCUT2D eigenvalue weighted by atomic mass is 10.0. The van der Waals surface area contributed by atoms with Gasteiger partial charge in [-0.15, -0.1) is 0 Å². The van der Waals surface area contributed by atoms with Crippen molar-refractivity contribution in [2.24, 2.45) is 0 Å². The maximum atomic E-state index is 13.2. The number of methoxy groups -OCH3 is 1. The molecule has 1 aliphatic rings. The average molecular weight is 451 g/mol. The lowest BCUT2D eigenvalue weighted by Crippen LogP contribution is -2.35. The number of ether oxygens (including phenoxy) is 1. The number of carbonyl (C=O) groups is 2. The van der Waals surface area contributed by atoms with Gasteiger partial charge < -0.3 is 10.1 Å². The van der Waals surface area contributed by atoms with E-state index in [4.69, 9.17) is 4.74 Å². The van der Waals surface area contributed by atoms with E-state index in [-0.39, 0.29) is 16.0 Å². The van der Waals surface area contributed by atoms with Gasteiger partial charge in [0.1, 0.15) is 0 Å². The van der Waals surface area contributed by atoms with E-state index >= 15 is 0 Å². The standard InChI is InChI=1S/C24H22N2O5S/c1-31-24(28)21-12-6-5-11-20(21)23(27)25-18-14-13-17-8-7-15-26(22(17)16-18)32(29,30)19-9-3-2-4-10-19/h2-6,9-14,16H,7-8,15H2,1H3,(H,25,27). The molecule has 4 rings (SSSR count). The highest BCUT2D eigenvalue weighted by atomic mass is 32.2. The molecule has 1 N–H and O–H groups in total. The van der Waals surface area contributed by atoms with Gasteiger partial charge >= 0.3 is 5.97 Å². The van der Waals surface area contributed by atoms with Crippen molar-refractivity contribution in [2.75, 3.05) is 23.3 Å². The summed E-state index contributed by atoms with van der Waals surface area (Å²) in [6.07, 6.45) is 1.45. The lowest BCUT2D eigenvalue weighted by molar-refractivity contribution is 0.0597. The first-order chi connectivity index (χ1) is 15.4. The van der Waals surface area contributed by atoms with Gasteiger partial charge in [0.15, 0.2) is 0 Å². The predicted molar refractivity (Wildman–Crippen MR) is 121 cm³/mol. The molecular formula is C24H22N2O5S. The second-order valence-electron chi connectivity index (χ2n) is 7.33. The number of anilines is 2. The van der Waals surface area contributed by atoms with E-state index in [0.717, 1.165) is 12.0 Å². The molecule has 1 amide bonds. The summed E-state index contributed by atoms with van der Waals surface area (Å²) in [6, 6.07) is 19.8. The fourth-order valence-electron chi connectivity index (χ4n) is 3.76. The Balaban J connectivity index is 1.66. The largest absolute Gasteiger partial charge is 0.465 e. The number of esters is 1. The molecule has 1 aliphatic heterocycles. The molecule has 164 valence electrons. The van der Waals surface area contributed by atoms with Crippen molar-refractivity contribution in [3.8, 4) is 0 Å². The minimum absolute atomic E-state index is 0.152. The third kappa shape index (κ3) is 4.09. The fourth-order valence-corrected chi connectivity index (χ4v) is 5.31. The Morgan fingerprint density at radius 3 is 2.34 bits per heavy atom. The molecule has 32 heavy (non-hydrogen) atoms. The fraction of sp³-hybridized carbons (Fsp3) is 0.167. The van der Waals surface area contributed by atoms with Gasteiger partial charge in [-0.3, -0.25) is 9.10 Å². The zero-order chi connectivity index (χ0) is 22.7. The number of amides is 1. The number of aryl methyl sites for hydroxylation is 1. The highest BCUT2D eigenvalue weighted by Gasteiger charge is 2.29. The van der Waals surface area contributed by atoms with Crippen molar-refractivity contribution in [2.45, 2.75) is 17.7 Å². The summed E-state index contributed by atoms with van der Waals surface area (Å²) in [5.41, 5.74) is 2.19. The molecule has 8 heteroatoms. The number of carbonyl (C=O) groups excluding carboxylic acids is 2. The van der Waals surface area contributed by atoms with Crippen molar-refractivity contribution in [3.05, 3.63) is 89.5 Å². The van der Waals surface area contributed by atoms with Crippen molar-refractivity contribution in [3.63, 3.8) is 0 Å². The molecule has 0 saturated carbocycles. The molecule has 0 aliphatic carbocycles. The molecule has 0 spiro atoms. The molecular weight excluding hydrogens is 428 g/mol. The van der Waals surface area contributed by atoms with Crippen LogP contribution in [0.2, 0.25) is 0 Å². The van der Waals surface area contributed by atoms with E-state index in [0.29, 0.717) is 24.3 Å². The van der Waals surface area contributed by atoms with Crippen LogP contribution < -0.4 is 9.62 Å². The SMILES string of the molecule is COC(=O)c1ccccc1C(=O)Nc1ccc2c(c1)N(S(=O)(=O)c1ccccc1)CCC2. The molecule has 1 heterocycles. The first-order valence-electron chi connectivity index (χ1n) is 10.1. The van der Waals surface area contributed by atoms with Gasteiger partial charge in [-0.25, -0.2) is 13.2 Å². The quantitative estimate of drug-likeness (QED) is 0.596. The summed E-state index contributed by atoms with van der Waals surface area (Å²) >= 11 is 0. The van der Waals surface area contributed by atoms with Crippen molar-refractivity contribution in [1.29, 1.82) is 0 Å². The first kappa shape index (κ1) is 21.6. The summed E-state index contributed by atoms with van der Waals surface area (Å²) in [5, 5.41) is 2.77. The molecule has 0 bridgehead atoms. The van der Waals surface area contributed by atoms with Crippen LogP contribution in [0.25, 0.3) is 0 Å². The number of fused-ring (bicyclic) bond motifs is 1. The Morgan fingerprint density at radius 1 is 0.938 bits per heavy atom. The molecule has 0 saturated heterocycles. The number of nitrogens with one attached hydrogen (secondary N) is 1. The zero-order valence-corrected chi connectivity index (χ0v) is 18.3. The molecule has 0 atom stereocenters. The second kappa shape index (κ2) is 8.84. The van der Waals surface area contributed by atoms with Crippen LogP contribution in [0.4, 0.5) is 11.4 Å². The van der Waals surface area contributed by atoms with Crippen molar-refractivity contribution in [1.82, 2.24) is 0 Å². The Labute approximate surface area is 186 Å². The minimum Gasteiger partial charge on any atom is -0.465 e.